The first-order chi connectivity index (χ1) is 12.6. The molecule has 6 nitrogen and oxygen atoms in total. The molecule has 0 fully saturated rings. The van der Waals surface area contributed by atoms with Crippen LogP contribution in [0.1, 0.15) is 17.3 Å². The van der Waals surface area contributed by atoms with Gasteiger partial charge in [0.1, 0.15) is 12.4 Å². The lowest BCUT2D eigenvalue weighted by atomic mass is 10.2. The number of hydrogen-bond acceptors (Lipinski definition) is 5. The third kappa shape index (κ3) is 6.22. The molecule has 0 aliphatic carbocycles. The van der Waals surface area contributed by atoms with Crippen molar-refractivity contribution in [2.45, 2.75) is 6.92 Å². The number of likely N-dealkylation sites (N-methyl/N-ethyl adjacent to an activating group) is 1. The van der Waals surface area contributed by atoms with Crippen LogP contribution in [-0.2, 0) is 9.53 Å². The molecule has 0 unspecified atom stereocenters. The Morgan fingerprint density at radius 2 is 1.73 bits per heavy atom. The summed E-state index contributed by atoms with van der Waals surface area (Å²) in [5, 5.41) is 2.77. The van der Waals surface area contributed by atoms with Crippen molar-refractivity contribution in [3.8, 4) is 5.75 Å². The Labute approximate surface area is 153 Å². The molecule has 0 heterocycles. The highest BCUT2D eigenvalue weighted by Crippen LogP contribution is 2.16. The molecule has 0 bridgehead atoms. The molecule has 0 saturated carbocycles. The molecule has 2 aromatic rings. The van der Waals surface area contributed by atoms with E-state index in [1.165, 1.54) is 0 Å². The minimum Gasteiger partial charge on any atom is -0.492 e. The van der Waals surface area contributed by atoms with Crippen LogP contribution in [0.25, 0.3) is 0 Å². The van der Waals surface area contributed by atoms with Crippen LogP contribution >= 0.6 is 0 Å². The van der Waals surface area contributed by atoms with Crippen LogP contribution in [0.4, 0.5) is 5.69 Å². The summed E-state index contributed by atoms with van der Waals surface area (Å²) < 4.78 is 10.6. The maximum absolute atomic E-state index is 12.2. The summed E-state index contributed by atoms with van der Waals surface area (Å²) in [4.78, 5) is 26.0. The van der Waals surface area contributed by atoms with Crippen LogP contribution in [-0.4, -0.2) is 50.1 Å². The molecule has 0 aliphatic heterocycles. The molecule has 6 heteroatoms. The fourth-order valence-electron chi connectivity index (χ4n) is 2.33. The Morgan fingerprint density at radius 1 is 1.04 bits per heavy atom. The highest BCUT2D eigenvalue weighted by Gasteiger charge is 2.14. The quantitative estimate of drug-likeness (QED) is 0.700. The van der Waals surface area contributed by atoms with E-state index in [0.717, 1.165) is 5.75 Å². The Balaban J connectivity index is 1.82. The van der Waals surface area contributed by atoms with Crippen LogP contribution in [0.2, 0.25) is 0 Å². The van der Waals surface area contributed by atoms with E-state index in [1.807, 2.05) is 42.3 Å². The number of hydrogen-bond donors (Lipinski definition) is 1. The zero-order valence-electron chi connectivity index (χ0n) is 15.1. The van der Waals surface area contributed by atoms with Crippen molar-refractivity contribution in [2.24, 2.45) is 0 Å². The molecular weight excluding hydrogens is 332 g/mol. The molecule has 0 aromatic heterocycles. The van der Waals surface area contributed by atoms with Gasteiger partial charge < -0.3 is 14.8 Å². The maximum atomic E-state index is 12.2. The van der Waals surface area contributed by atoms with Gasteiger partial charge in [0.15, 0.2) is 0 Å². The zero-order chi connectivity index (χ0) is 18.8. The first kappa shape index (κ1) is 19.5. The molecule has 0 aliphatic rings. The van der Waals surface area contributed by atoms with Crippen molar-refractivity contribution in [3.05, 3.63) is 60.2 Å². The molecule has 0 saturated heterocycles. The van der Waals surface area contributed by atoms with E-state index >= 15 is 0 Å². The largest absolute Gasteiger partial charge is 0.492 e. The fraction of sp³-hybridized carbons (Fsp3) is 0.300. The van der Waals surface area contributed by atoms with Gasteiger partial charge in [-0.2, -0.15) is 0 Å². The number of anilines is 1. The summed E-state index contributed by atoms with van der Waals surface area (Å²) in [6.07, 6.45) is 0. The van der Waals surface area contributed by atoms with E-state index in [-0.39, 0.29) is 19.1 Å². The van der Waals surface area contributed by atoms with Gasteiger partial charge in [0, 0.05) is 6.54 Å². The predicted octanol–water partition coefficient (Wildman–Crippen LogP) is 2.81. The van der Waals surface area contributed by atoms with Gasteiger partial charge in [0.05, 0.1) is 24.4 Å². The summed E-state index contributed by atoms with van der Waals surface area (Å²) >= 11 is 0. The standard InChI is InChI=1S/C20H24N2O4/c1-3-25-20(24)17-11-7-8-12-18(17)21-19(23)15-22(2)13-14-26-16-9-5-4-6-10-16/h4-12H,3,13-15H2,1-2H3,(H,21,23). The zero-order valence-corrected chi connectivity index (χ0v) is 15.1. The summed E-state index contributed by atoms with van der Waals surface area (Å²) in [6, 6.07) is 16.3. The number of rotatable bonds is 9. The van der Waals surface area contributed by atoms with E-state index < -0.39 is 5.97 Å². The van der Waals surface area contributed by atoms with Crippen LogP contribution in [0, 0.1) is 0 Å². The summed E-state index contributed by atoms with van der Waals surface area (Å²) in [6.45, 7) is 3.29. The molecule has 0 spiro atoms. The van der Waals surface area contributed by atoms with Crippen molar-refractivity contribution in [2.75, 3.05) is 38.7 Å². The van der Waals surface area contributed by atoms with Crippen LogP contribution in [0.15, 0.2) is 54.6 Å². The van der Waals surface area contributed by atoms with Crippen molar-refractivity contribution in [1.82, 2.24) is 4.90 Å². The van der Waals surface area contributed by atoms with E-state index in [2.05, 4.69) is 5.32 Å². The van der Waals surface area contributed by atoms with Crippen LogP contribution < -0.4 is 10.1 Å². The fourth-order valence-corrected chi connectivity index (χ4v) is 2.33. The lowest BCUT2D eigenvalue weighted by molar-refractivity contribution is -0.117. The lowest BCUT2D eigenvalue weighted by Gasteiger charge is -2.17. The number of para-hydroxylation sites is 2. The van der Waals surface area contributed by atoms with Crippen LogP contribution in [0.5, 0.6) is 5.75 Å². The Hall–Kier alpha value is -2.86. The summed E-state index contributed by atoms with van der Waals surface area (Å²) in [7, 11) is 1.84. The number of amides is 1. The second-order valence-corrected chi connectivity index (χ2v) is 5.71. The average Bonchev–Trinajstić information content (AvgIpc) is 2.63. The first-order valence-corrected chi connectivity index (χ1v) is 8.52. The molecule has 1 amide bonds. The van der Waals surface area contributed by atoms with Crippen LogP contribution in [0.3, 0.4) is 0 Å². The normalized spacial score (nSPS) is 10.4. The highest BCUT2D eigenvalue weighted by molar-refractivity contribution is 6.01. The number of esters is 1. The number of carbonyl (C=O) groups excluding carboxylic acids is 2. The number of nitrogens with zero attached hydrogens (tertiary/aromatic N) is 1. The average molecular weight is 356 g/mol. The minimum absolute atomic E-state index is 0.190. The lowest BCUT2D eigenvalue weighted by Crippen LogP contribution is -2.33. The van der Waals surface area contributed by atoms with Gasteiger partial charge in [-0.1, -0.05) is 30.3 Å². The molecular formula is C20H24N2O4. The second kappa shape index (κ2) is 10.2. The molecule has 0 radical (unpaired) electrons. The van der Waals surface area contributed by atoms with Gasteiger partial charge in [-0.15, -0.1) is 0 Å². The third-order valence-electron chi connectivity index (χ3n) is 3.59. The molecule has 2 rings (SSSR count). The predicted molar refractivity (Wildman–Crippen MR) is 100 cm³/mol. The number of nitrogens with one attached hydrogen (secondary N) is 1. The van der Waals surface area contributed by atoms with E-state index in [9.17, 15) is 9.59 Å². The number of benzene rings is 2. The Bertz CT molecular complexity index is 719. The molecule has 2 aromatic carbocycles. The Kier molecular flexibility index (Phi) is 7.64. The van der Waals surface area contributed by atoms with Crippen molar-refractivity contribution < 1.29 is 19.1 Å². The van der Waals surface area contributed by atoms with Crippen molar-refractivity contribution >= 4 is 17.6 Å². The van der Waals surface area contributed by atoms with Gasteiger partial charge in [-0.05, 0) is 38.2 Å². The van der Waals surface area contributed by atoms with Gasteiger partial charge in [0.2, 0.25) is 5.91 Å². The molecule has 26 heavy (non-hydrogen) atoms. The van der Waals surface area contributed by atoms with Gasteiger partial charge in [-0.3, -0.25) is 9.69 Å². The van der Waals surface area contributed by atoms with E-state index in [0.29, 0.717) is 24.4 Å². The number of ether oxygens (including phenoxy) is 2. The summed E-state index contributed by atoms with van der Waals surface area (Å²) in [5.74, 6) is 0.144. The number of carbonyl (C=O) groups is 2. The first-order valence-electron chi connectivity index (χ1n) is 8.52. The highest BCUT2D eigenvalue weighted by atomic mass is 16.5. The van der Waals surface area contributed by atoms with E-state index in [1.54, 1.807) is 31.2 Å². The van der Waals surface area contributed by atoms with Gasteiger partial charge in [-0.25, -0.2) is 4.79 Å². The maximum Gasteiger partial charge on any atom is 0.340 e. The third-order valence-corrected chi connectivity index (χ3v) is 3.59. The topological polar surface area (TPSA) is 67.9 Å². The smallest absolute Gasteiger partial charge is 0.340 e. The summed E-state index contributed by atoms with van der Waals surface area (Å²) in [5.41, 5.74) is 0.794. The minimum atomic E-state index is -0.451. The molecule has 0 atom stereocenters. The van der Waals surface area contributed by atoms with Gasteiger partial charge >= 0.3 is 5.97 Å². The van der Waals surface area contributed by atoms with Crippen molar-refractivity contribution in [3.63, 3.8) is 0 Å². The van der Waals surface area contributed by atoms with E-state index in [4.69, 9.17) is 9.47 Å². The SMILES string of the molecule is CCOC(=O)c1ccccc1NC(=O)CN(C)CCOc1ccccc1. The second-order valence-electron chi connectivity index (χ2n) is 5.71. The Morgan fingerprint density at radius 3 is 2.46 bits per heavy atom. The molecule has 1 N–H and O–H groups in total. The molecule has 138 valence electrons. The van der Waals surface area contributed by atoms with Crippen molar-refractivity contribution in [1.29, 1.82) is 0 Å². The van der Waals surface area contributed by atoms with Gasteiger partial charge in [0.25, 0.3) is 0 Å². The monoisotopic (exact) mass is 356 g/mol.